The highest BCUT2D eigenvalue weighted by molar-refractivity contribution is 6.30. The van der Waals surface area contributed by atoms with Crippen molar-refractivity contribution in [1.29, 1.82) is 0 Å². The molecule has 2 saturated heterocycles. The van der Waals surface area contributed by atoms with E-state index in [1.54, 1.807) is 6.20 Å². The molecule has 2 aromatic heterocycles. The van der Waals surface area contributed by atoms with Gasteiger partial charge in [-0.1, -0.05) is 37.1 Å². The van der Waals surface area contributed by atoms with Crippen molar-refractivity contribution in [3.8, 4) is 11.3 Å². The molecule has 2 unspecified atom stereocenters. The van der Waals surface area contributed by atoms with Crippen molar-refractivity contribution in [2.45, 2.75) is 51.2 Å². The number of carbonyl (C=O) groups is 1. The van der Waals surface area contributed by atoms with Crippen LogP contribution in [0.2, 0.25) is 5.02 Å². The Labute approximate surface area is 193 Å². The molecule has 0 aliphatic carbocycles. The van der Waals surface area contributed by atoms with Gasteiger partial charge in [0.15, 0.2) is 0 Å². The van der Waals surface area contributed by atoms with Crippen LogP contribution in [-0.2, 0) is 11.3 Å². The highest BCUT2D eigenvalue weighted by Gasteiger charge is 2.43. The fraction of sp³-hybridized carbons (Fsp3) is 0.458. The minimum absolute atomic E-state index is 0.147. The maximum absolute atomic E-state index is 12.7. The standard InChI is InChI=1S/C24H28ClN5O2/c1-2-3-13-32-24(31)30-19-9-10-20(30)15-28(14-19)16-21-22(17-5-7-18(25)8-6-17)27-23-26-11-4-12-29(21)23/h4-8,11-12,19-20H,2-3,9-10,13-16H2,1H3. The van der Waals surface area contributed by atoms with E-state index in [1.807, 2.05) is 41.4 Å². The number of hydrogen-bond donors (Lipinski definition) is 0. The molecule has 0 N–H and O–H groups in total. The number of halogens is 1. The number of rotatable bonds is 6. The number of aromatic nitrogens is 3. The summed E-state index contributed by atoms with van der Waals surface area (Å²) >= 11 is 6.10. The van der Waals surface area contributed by atoms with Gasteiger partial charge in [-0.25, -0.2) is 14.8 Å². The summed E-state index contributed by atoms with van der Waals surface area (Å²) in [5, 5.41) is 0.704. The van der Waals surface area contributed by atoms with E-state index in [2.05, 4.69) is 21.2 Å². The molecule has 1 aromatic carbocycles. The zero-order chi connectivity index (χ0) is 22.1. The van der Waals surface area contributed by atoms with Gasteiger partial charge in [0.05, 0.1) is 18.0 Å². The Morgan fingerprint density at radius 2 is 1.94 bits per heavy atom. The zero-order valence-electron chi connectivity index (χ0n) is 18.3. The number of hydrogen-bond acceptors (Lipinski definition) is 5. The van der Waals surface area contributed by atoms with Crippen LogP contribution < -0.4 is 0 Å². The van der Waals surface area contributed by atoms with Crippen LogP contribution in [0.15, 0.2) is 42.7 Å². The van der Waals surface area contributed by atoms with Crippen LogP contribution in [0.25, 0.3) is 17.0 Å². The lowest BCUT2D eigenvalue weighted by Gasteiger charge is -2.40. The van der Waals surface area contributed by atoms with E-state index in [0.717, 1.165) is 62.3 Å². The second kappa shape index (κ2) is 9.08. The number of likely N-dealkylation sites (tertiary alicyclic amines) is 1. The molecule has 2 aliphatic heterocycles. The molecule has 7 nitrogen and oxygen atoms in total. The number of fused-ring (bicyclic) bond motifs is 3. The fourth-order valence-electron chi connectivity index (χ4n) is 4.93. The zero-order valence-corrected chi connectivity index (χ0v) is 19.0. The molecule has 1 amide bonds. The summed E-state index contributed by atoms with van der Waals surface area (Å²) in [4.78, 5) is 26.3. The van der Waals surface area contributed by atoms with E-state index in [1.165, 1.54) is 0 Å². The molecule has 4 heterocycles. The number of imidazole rings is 1. The Morgan fingerprint density at radius 1 is 1.19 bits per heavy atom. The van der Waals surface area contributed by atoms with E-state index >= 15 is 0 Å². The fourth-order valence-corrected chi connectivity index (χ4v) is 5.06. The van der Waals surface area contributed by atoms with Crippen molar-refractivity contribution in [2.24, 2.45) is 0 Å². The third-order valence-corrected chi connectivity index (χ3v) is 6.74. The maximum Gasteiger partial charge on any atom is 0.410 e. The molecule has 2 bridgehead atoms. The number of amides is 1. The molecule has 8 heteroatoms. The summed E-state index contributed by atoms with van der Waals surface area (Å²) in [5.41, 5.74) is 3.05. The van der Waals surface area contributed by atoms with E-state index in [0.29, 0.717) is 17.4 Å². The van der Waals surface area contributed by atoms with Crippen molar-refractivity contribution in [3.05, 3.63) is 53.4 Å². The van der Waals surface area contributed by atoms with Crippen LogP contribution in [0.4, 0.5) is 4.79 Å². The Balaban J connectivity index is 1.37. The van der Waals surface area contributed by atoms with Gasteiger partial charge in [-0.15, -0.1) is 0 Å². The third-order valence-electron chi connectivity index (χ3n) is 6.49. The molecular formula is C24H28ClN5O2. The number of benzene rings is 1. The van der Waals surface area contributed by atoms with Crippen molar-refractivity contribution in [2.75, 3.05) is 19.7 Å². The molecular weight excluding hydrogens is 426 g/mol. The van der Waals surface area contributed by atoms with Gasteiger partial charge in [0.2, 0.25) is 5.78 Å². The average Bonchev–Trinajstić information content (AvgIpc) is 3.29. The number of carbonyl (C=O) groups excluding carboxylic acids is 1. The van der Waals surface area contributed by atoms with Crippen LogP contribution in [-0.4, -0.2) is 62.0 Å². The molecule has 0 spiro atoms. The first kappa shape index (κ1) is 21.2. The van der Waals surface area contributed by atoms with E-state index in [9.17, 15) is 4.79 Å². The Kier molecular flexibility index (Phi) is 6.02. The predicted octanol–water partition coefficient (Wildman–Crippen LogP) is 4.64. The first-order chi connectivity index (χ1) is 15.6. The lowest BCUT2D eigenvalue weighted by molar-refractivity contribution is 0.0386. The minimum atomic E-state index is -0.147. The minimum Gasteiger partial charge on any atom is -0.449 e. The molecule has 2 atom stereocenters. The smallest absolute Gasteiger partial charge is 0.410 e. The largest absolute Gasteiger partial charge is 0.449 e. The summed E-state index contributed by atoms with van der Waals surface area (Å²) in [6.45, 7) is 5.04. The third kappa shape index (κ3) is 4.07. The lowest BCUT2D eigenvalue weighted by atomic mass is 10.1. The lowest BCUT2D eigenvalue weighted by Crippen LogP contribution is -2.55. The number of ether oxygens (including phenoxy) is 1. The topological polar surface area (TPSA) is 63.0 Å². The Bertz CT molecular complexity index is 1090. The molecule has 3 aromatic rings. The summed E-state index contributed by atoms with van der Waals surface area (Å²) < 4.78 is 7.59. The van der Waals surface area contributed by atoms with Crippen LogP contribution >= 0.6 is 11.6 Å². The van der Waals surface area contributed by atoms with E-state index in [-0.39, 0.29) is 18.2 Å². The van der Waals surface area contributed by atoms with Gasteiger partial charge < -0.3 is 4.74 Å². The first-order valence-corrected chi connectivity index (χ1v) is 11.8. The second-order valence-electron chi connectivity index (χ2n) is 8.66. The highest BCUT2D eigenvalue weighted by Crippen LogP contribution is 2.33. The quantitative estimate of drug-likeness (QED) is 0.509. The van der Waals surface area contributed by atoms with Gasteiger partial charge in [0, 0.05) is 54.7 Å². The summed E-state index contributed by atoms with van der Waals surface area (Å²) in [6, 6.07) is 10.1. The highest BCUT2D eigenvalue weighted by atomic mass is 35.5. The SMILES string of the molecule is CCCCOC(=O)N1C2CCC1CN(Cc1c(-c3ccc(Cl)cc3)nc3ncccn13)C2. The molecule has 32 heavy (non-hydrogen) atoms. The van der Waals surface area contributed by atoms with Crippen molar-refractivity contribution in [3.63, 3.8) is 0 Å². The molecule has 2 fully saturated rings. The van der Waals surface area contributed by atoms with Gasteiger partial charge in [-0.3, -0.25) is 14.2 Å². The van der Waals surface area contributed by atoms with Gasteiger partial charge in [0.1, 0.15) is 0 Å². The second-order valence-corrected chi connectivity index (χ2v) is 9.09. The number of piperazine rings is 1. The first-order valence-electron chi connectivity index (χ1n) is 11.4. The van der Waals surface area contributed by atoms with Gasteiger partial charge >= 0.3 is 6.09 Å². The van der Waals surface area contributed by atoms with Gasteiger partial charge in [0.25, 0.3) is 0 Å². The van der Waals surface area contributed by atoms with Gasteiger partial charge in [-0.05, 0) is 37.5 Å². The summed E-state index contributed by atoms with van der Waals surface area (Å²) in [6.07, 6.45) is 7.63. The molecule has 0 saturated carbocycles. The Hall–Kier alpha value is -2.64. The maximum atomic E-state index is 12.7. The number of nitrogens with zero attached hydrogens (tertiary/aromatic N) is 5. The monoisotopic (exact) mass is 453 g/mol. The van der Waals surface area contributed by atoms with Crippen LogP contribution in [0.5, 0.6) is 0 Å². The van der Waals surface area contributed by atoms with E-state index in [4.69, 9.17) is 21.3 Å². The van der Waals surface area contributed by atoms with Crippen molar-refractivity contribution >= 4 is 23.5 Å². The average molecular weight is 454 g/mol. The van der Waals surface area contributed by atoms with Crippen LogP contribution in [0.1, 0.15) is 38.3 Å². The summed E-state index contributed by atoms with van der Waals surface area (Å²) in [5.74, 6) is 0.688. The van der Waals surface area contributed by atoms with Crippen LogP contribution in [0, 0.1) is 0 Å². The summed E-state index contributed by atoms with van der Waals surface area (Å²) in [7, 11) is 0. The number of unbranched alkanes of at least 4 members (excludes halogenated alkanes) is 1. The molecule has 168 valence electrons. The molecule has 0 radical (unpaired) electrons. The van der Waals surface area contributed by atoms with Crippen LogP contribution in [0.3, 0.4) is 0 Å². The Morgan fingerprint density at radius 3 is 2.66 bits per heavy atom. The normalized spacial score (nSPS) is 20.8. The molecule has 5 rings (SSSR count). The van der Waals surface area contributed by atoms with Crippen molar-refractivity contribution in [1.82, 2.24) is 24.2 Å². The molecule has 2 aliphatic rings. The van der Waals surface area contributed by atoms with Gasteiger partial charge in [-0.2, -0.15) is 0 Å². The van der Waals surface area contributed by atoms with E-state index < -0.39 is 0 Å². The predicted molar refractivity (Wildman–Crippen MR) is 124 cm³/mol. The van der Waals surface area contributed by atoms with Crippen molar-refractivity contribution < 1.29 is 9.53 Å².